The maximum absolute atomic E-state index is 13.3. The molecule has 1 aliphatic rings. The number of benzene rings is 2. The number of hydrogen-bond donors (Lipinski definition) is 2. The average molecular weight is 441 g/mol. The number of aliphatic hydroxyl groups excluding tert-OH is 1. The Labute approximate surface area is 174 Å². The number of anilines is 1. The van der Waals surface area contributed by atoms with Crippen LogP contribution in [0.25, 0.3) is 0 Å². The molecular formula is C20H22ClFN2O4S. The summed E-state index contributed by atoms with van der Waals surface area (Å²) in [4.78, 5) is 12.5. The number of nitrogens with one attached hydrogen (secondary N) is 1. The molecule has 0 spiro atoms. The summed E-state index contributed by atoms with van der Waals surface area (Å²) in [7, 11) is -3.76. The molecule has 1 heterocycles. The Kier molecular flexibility index (Phi) is 6.28. The highest BCUT2D eigenvalue weighted by molar-refractivity contribution is 7.89. The van der Waals surface area contributed by atoms with E-state index in [1.54, 1.807) is 0 Å². The summed E-state index contributed by atoms with van der Waals surface area (Å²) in [5.41, 5.74) is 0.183. The number of carbonyl (C=O) groups is 1. The number of rotatable bonds is 5. The van der Waals surface area contributed by atoms with E-state index in [-0.39, 0.29) is 27.5 Å². The molecule has 2 aromatic rings. The van der Waals surface area contributed by atoms with Gasteiger partial charge in [0, 0.05) is 30.9 Å². The second kappa shape index (κ2) is 8.39. The summed E-state index contributed by atoms with van der Waals surface area (Å²) in [5, 5.41) is 11.9. The summed E-state index contributed by atoms with van der Waals surface area (Å²) in [6.07, 6.45) is 1.13. The number of amides is 1. The Morgan fingerprint density at radius 1 is 1.24 bits per heavy atom. The third-order valence-corrected chi connectivity index (χ3v) is 7.41. The lowest BCUT2D eigenvalue weighted by atomic mass is 9.82. The molecule has 29 heavy (non-hydrogen) atoms. The molecular weight excluding hydrogens is 419 g/mol. The van der Waals surface area contributed by atoms with Crippen molar-refractivity contribution in [3.63, 3.8) is 0 Å². The topological polar surface area (TPSA) is 86.7 Å². The van der Waals surface area contributed by atoms with Gasteiger partial charge in [0.05, 0.1) is 9.92 Å². The van der Waals surface area contributed by atoms with Crippen LogP contribution in [0.15, 0.2) is 47.4 Å². The molecule has 6 nitrogen and oxygen atoms in total. The zero-order chi connectivity index (χ0) is 21.2. The fourth-order valence-corrected chi connectivity index (χ4v) is 4.82. The summed E-state index contributed by atoms with van der Waals surface area (Å²) in [6.45, 7) is 2.57. The lowest BCUT2D eigenvalue weighted by Gasteiger charge is -2.37. The van der Waals surface area contributed by atoms with Gasteiger partial charge in [0.2, 0.25) is 10.0 Å². The quantitative estimate of drug-likeness (QED) is 0.744. The van der Waals surface area contributed by atoms with Crippen molar-refractivity contribution in [2.45, 2.75) is 24.7 Å². The number of hydrogen-bond acceptors (Lipinski definition) is 4. The number of sulfonamides is 1. The van der Waals surface area contributed by atoms with Crippen LogP contribution in [-0.4, -0.2) is 43.4 Å². The number of piperidine rings is 1. The third-order valence-electron chi connectivity index (χ3n) is 5.22. The van der Waals surface area contributed by atoms with E-state index >= 15 is 0 Å². The minimum atomic E-state index is -3.76. The number of nitrogens with zero attached hydrogens (tertiary/aromatic N) is 1. The monoisotopic (exact) mass is 440 g/mol. The molecule has 0 bridgehead atoms. The molecule has 0 aromatic heterocycles. The van der Waals surface area contributed by atoms with Crippen LogP contribution in [0.3, 0.4) is 0 Å². The van der Waals surface area contributed by atoms with E-state index in [2.05, 4.69) is 5.32 Å². The van der Waals surface area contributed by atoms with Gasteiger partial charge in [-0.05, 0) is 54.7 Å². The van der Waals surface area contributed by atoms with E-state index in [1.165, 1.54) is 40.7 Å². The van der Waals surface area contributed by atoms with E-state index in [9.17, 15) is 22.7 Å². The maximum Gasteiger partial charge on any atom is 0.255 e. The molecule has 0 aliphatic carbocycles. The molecule has 156 valence electrons. The van der Waals surface area contributed by atoms with E-state index < -0.39 is 21.7 Å². The van der Waals surface area contributed by atoms with Crippen LogP contribution in [0.5, 0.6) is 0 Å². The molecule has 9 heteroatoms. The smallest absolute Gasteiger partial charge is 0.255 e. The van der Waals surface area contributed by atoms with Crippen molar-refractivity contribution in [1.82, 2.24) is 4.31 Å². The van der Waals surface area contributed by atoms with Gasteiger partial charge < -0.3 is 10.4 Å². The van der Waals surface area contributed by atoms with Gasteiger partial charge in [0.15, 0.2) is 0 Å². The molecule has 2 aromatic carbocycles. The van der Waals surface area contributed by atoms with E-state index in [4.69, 9.17) is 11.6 Å². The van der Waals surface area contributed by atoms with Crippen molar-refractivity contribution in [3.05, 3.63) is 58.9 Å². The fraction of sp³-hybridized carbons (Fsp3) is 0.350. The predicted molar refractivity (Wildman–Crippen MR) is 109 cm³/mol. The molecule has 0 saturated carbocycles. The second-order valence-corrected chi connectivity index (χ2v) is 9.83. The van der Waals surface area contributed by atoms with Crippen molar-refractivity contribution in [3.8, 4) is 0 Å². The van der Waals surface area contributed by atoms with Crippen molar-refractivity contribution >= 4 is 33.2 Å². The predicted octanol–water partition coefficient (Wildman–Crippen LogP) is 3.51. The molecule has 0 unspecified atom stereocenters. The fourth-order valence-electron chi connectivity index (χ4n) is 3.15. The molecule has 3 rings (SSSR count). The Morgan fingerprint density at radius 3 is 2.55 bits per heavy atom. The lowest BCUT2D eigenvalue weighted by molar-refractivity contribution is 0.0853. The van der Waals surface area contributed by atoms with E-state index in [0.29, 0.717) is 31.6 Å². The largest absolute Gasteiger partial charge is 0.396 e. The zero-order valence-corrected chi connectivity index (χ0v) is 17.4. The van der Waals surface area contributed by atoms with Gasteiger partial charge in [-0.2, -0.15) is 4.31 Å². The average Bonchev–Trinajstić information content (AvgIpc) is 2.71. The minimum Gasteiger partial charge on any atom is -0.396 e. The molecule has 1 saturated heterocycles. The molecule has 0 radical (unpaired) electrons. The zero-order valence-electron chi connectivity index (χ0n) is 15.9. The first-order valence-corrected chi connectivity index (χ1v) is 10.9. The summed E-state index contributed by atoms with van der Waals surface area (Å²) < 4.78 is 40.6. The Balaban J connectivity index is 1.78. The van der Waals surface area contributed by atoms with Gasteiger partial charge in [-0.15, -0.1) is 0 Å². The summed E-state index contributed by atoms with van der Waals surface area (Å²) >= 11 is 5.72. The van der Waals surface area contributed by atoms with Gasteiger partial charge in [0.1, 0.15) is 5.82 Å². The first kappa shape index (κ1) is 21.7. The van der Waals surface area contributed by atoms with Crippen molar-refractivity contribution < 1.29 is 22.7 Å². The van der Waals surface area contributed by atoms with Gasteiger partial charge in [-0.3, -0.25) is 4.79 Å². The highest BCUT2D eigenvalue weighted by Crippen LogP contribution is 2.32. The van der Waals surface area contributed by atoms with Crippen LogP contribution in [0.1, 0.15) is 30.1 Å². The SMILES string of the molecule is CC1(CO)CCN(S(=O)(=O)c2cccc(C(=O)Nc3ccc(F)c(Cl)c3)c2)CC1. The van der Waals surface area contributed by atoms with Gasteiger partial charge >= 0.3 is 0 Å². The van der Waals surface area contributed by atoms with Crippen LogP contribution in [0.2, 0.25) is 5.02 Å². The standard InChI is InChI=1S/C20H22ClFN2O4S/c1-20(13-25)7-9-24(10-8-20)29(27,28)16-4-2-3-14(11-16)19(26)23-15-5-6-18(22)17(21)12-15/h2-6,11-12,25H,7-10,13H2,1H3,(H,23,26). The Morgan fingerprint density at radius 2 is 1.93 bits per heavy atom. The summed E-state index contributed by atoms with van der Waals surface area (Å²) in [5.74, 6) is -1.13. The van der Waals surface area contributed by atoms with Gasteiger partial charge in [-0.1, -0.05) is 24.6 Å². The first-order chi connectivity index (χ1) is 13.6. The van der Waals surface area contributed by atoms with Crippen molar-refractivity contribution in [2.24, 2.45) is 5.41 Å². The highest BCUT2D eigenvalue weighted by Gasteiger charge is 2.35. The van der Waals surface area contributed by atoms with Crippen LogP contribution in [-0.2, 0) is 10.0 Å². The Bertz CT molecular complexity index is 1020. The van der Waals surface area contributed by atoms with Gasteiger partial charge in [0.25, 0.3) is 5.91 Å². The Hall–Kier alpha value is -2.00. The number of halogens is 2. The van der Waals surface area contributed by atoms with E-state index in [0.717, 1.165) is 6.07 Å². The number of carbonyl (C=O) groups excluding carboxylic acids is 1. The summed E-state index contributed by atoms with van der Waals surface area (Å²) in [6, 6.07) is 9.54. The first-order valence-electron chi connectivity index (χ1n) is 9.12. The molecule has 0 atom stereocenters. The van der Waals surface area contributed by atoms with Crippen LogP contribution >= 0.6 is 11.6 Å². The van der Waals surface area contributed by atoms with Crippen molar-refractivity contribution in [1.29, 1.82) is 0 Å². The molecule has 1 aliphatic heterocycles. The second-order valence-electron chi connectivity index (χ2n) is 7.48. The minimum absolute atomic E-state index is 0.0178. The molecule has 1 fully saturated rings. The van der Waals surface area contributed by atoms with E-state index in [1.807, 2.05) is 6.92 Å². The molecule has 1 amide bonds. The van der Waals surface area contributed by atoms with Crippen molar-refractivity contribution in [2.75, 3.05) is 25.0 Å². The molecule has 2 N–H and O–H groups in total. The maximum atomic E-state index is 13.3. The van der Waals surface area contributed by atoms with Crippen LogP contribution in [0.4, 0.5) is 10.1 Å². The van der Waals surface area contributed by atoms with Crippen LogP contribution in [0, 0.1) is 11.2 Å². The van der Waals surface area contributed by atoms with Crippen LogP contribution < -0.4 is 5.32 Å². The normalized spacial score (nSPS) is 17.1. The lowest BCUT2D eigenvalue weighted by Crippen LogP contribution is -2.43. The highest BCUT2D eigenvalue weighted by atomic mass is 35.5. The third kappa shape index (κ3) is 4.78. The number of aliphatic hydroxyl groups is 1. The van der Waals surface area contributed by atoms with Gasteiger partial charge in [-0.25, -0.2) is 12.8 Å².